The maximum atomic E-state index is 13.0. The van der Waals surface area contributed by atoms with Crippen molar-refractivity contribution < 1.29 is 14.3 Å². The molecule has 0 atom stereocenters. The summed E-state index contributed by atoms with van der Waals surface area (Å²) in [5.74, 6) is 1.68. The van der Waals surface area contributed by atoms with Crippen molar-refractivity contribution in [1.82, 2.24) is 10.2 Å². The van der Waals surface area contributed by atoms with Gasteiger partial charge in [-0.2, -0.15) is 0 Å². The molecule has 0 bridgehead atoms. The average molecular weight is 401 g/mol. The van der Waals surface area contributed by atoms with E-state index in [4.69, 9.17) is 9.47 Å². The van der Waals surface area contributed by atoms with E-state index in [1.807, 2.05) is 6.07 Å². The van der Waals surface area contributed by atoms with Gasteiger partial charge in [0.1, 0.15) is 13.2 Å². The summed E-state index contributed by atoms with van der Waals surface area (Å²) in [6.07, 6.45) is 4.19. The van der Waals surface area contributed by atoms with Crippen LogP contribution in [0, 0.1) is 0 Å². The topological polar surface area (TPSA) is 50.8 Å². The Morgan fingerprint density at radius 1 is 1.18 bits per heavy atom. The minimum Gasteiger partial charge on any atom is -0.486 e. The van der Waals surface area contributed by atoms with Gasteiger partial charge in [-0.3, -0.25) is 9.69 Å². The standard InChI is InChI=1S/C22H28N2O3S/c1-2-24(15-18-6-5-13-28-18)16-21(25)23-22(9-3-4-10-22)17-7-8-19-20(14-17)27-12-11-26-19/h5-8,13-14H,2-4,9-12,15-16H2,1H3,(H,23,25). The SMILES string of the molecule is CCN(CC(=O)NC1(c2ccc3c(c2)OCCO3)CCCC1)Cc1cccs1. The number of benzene rings is 1. The van der Waals surface area contributed by atoms with Gasteiger partial charge in [0.25, 0.3) is 0 Å². The van der Waals surface area contributed by atoms with Crippen molar-refractivity contribution in [1.29, 1.82) is 0 Å². The van der Waals surface area contributed by atoms with E-state index < -0.39 is 0 Å². The fourth-order valence-electron chi connectivity index (χ4n) is 4.22. The van der Waals surface area contributed by atoms with Crippen molar-refractivity contribution in [3.05, 3.63) is 46.2 Å². The first-order chi connectivity index (χ1) is 13.7. The van der Waals surface area contributed by atoms with Crippen LogP contribution in [0.5, 0.6) is 11.5 Å². The maximum Gasteiger partial charge on any atom is 0.234 e. The fraction of sp³-hybridized carbons (Fsp3) is 0.500. The second kappa shape index (κ2) is 8.53. The lowest BCUT2D eigenvalue weighted by atomic mass is 9.87. The van der Waals surface area contributed by atoms with Crippen LogP contribution in [0.4, 0.5) is 0 Å². The van der Waals surface area contributed by atoms with Crippen LogP contribution in [-0.4, -0.2) is 37.1 Å². The third kappa shape index (κ3) is 4.18. The first-order valence-corrected chi connectivity index (χ1v) is 11.0. The fourth-order valence-corrected chi connectivity index (χ4v) is 4.96. The maximum absolute atomic E-state index is 13.0. The number of nitrogens with zero attached hydrogens (tertiary/aromatic N) is 1. The van der Waals surface area contributed by atoms with Gasteiger partial charge in [0.05, 0.1) is 12.1 Å². The zero-order chi connectivity index (χ0) is 19.4. The van der Waals surface area contributed by atoms with Crippen molar-refractivity contribution in [2.45, 2.75) is 44.7 Å². The van der Waals surface area contributed by atoms with E-state index in [2.05, 4.69) is 46.8 Å². The summed E-state index contributed by atoms with van der Waals surface area (Å²) in [4.78, 5) is 16.4. The zero-order valence-corrected chi connectivity index (χ0v) is 17.2. The Hall–Kier alpha value is -2.05. The summed E-state index contributed by atoms with van der Waals surface area (Å²) in [6.45, 7) is 5.35. The molecule has 1 aromatic carbocycles. The van der Waals surface area contributed by atoms with Gasteiger partial charge in [0, 0.05) is 11.4 Å². The van der Waals surface area contributed by atoms with E-state index in [1.54, 1.807) is 11.3 Å². The van der Waals surface area contributed by atoms with E-state index in [0.717, 1.165) is 55.8 Å². The third-order valence-electron chi connectivity index (χ3n) is 5.70. The Morgan fingerprint density at radius 2 is 1.96 bits per heavy atom. The molecule has 2 aromatic rings. The van der Waals surface area contributed by atoms with Crippen LogP contribution in [0.2, 0.25) is 0 Å². The van der Waals surface area contributed by atoms with E-state index in [9.17, 15) is 4.79 Å². The van der Waals surface area contributed by atoms with Crippen molar-refractivity contribution >= 4 is 17.2 Å². The molecule has 1 aromatic heterocycles. The van der Waals surface area contributed by atoms with Gasteiger partial charge >= 0.3 is 0 Å². The molecule has 1 aliphatic heterocycles. The lowest BCUT2D eigenvalue weighted by molar-refractivity contribution is -0.124. The summed E-state index contributed by atoms with van der Waals surface area (Å²) in [6, 6.07) is 10.3. The smallest absolute Gasteiger partial charge is 0.234 e. The summed E-state index contributed by atoms with van der Waals surface area (Å²) in [5, 5.41) is 5.47. The Balaban J connectivity index is 1.47. The number of carbonyl (C=O) groups excluding carboxylic acids is 1. The van der Waals surface area contributed by atoms with Gasteiger partial charge < -0.3 is 14.8 Å². The summed E-state index contributed by atoms with van der Waals surface area (Å²) in [5.41, 5.74) is 0.832. The molecule has 1 aliphatic carbocycles. The van der Waals surface area contributed by atoms with Gasteiger partial charge in [-0.1, -0.05) is 31.9 Å². The number of ether oxygens (including phenoxy) is 2. The van der Waals surface area contributed by atoms with Crippen molar-refractivity contribution in [2.75, 3.05) is 26.3 Å². The quantitative estimate of drug-likeness (QED) is 0.765. The molecule has 0 radical (unpaired) electrons. The largest absolute Gasteiger partial charge is 0.486 e. The zero-order valence-electron chi connectivity index (χ0n) is 16.4. The average Bonchev–Trinajstić information content (AvgIpc) is 3.40. The molecule has 6 heteroatoms. The Labute approximate surface area is 170 Å². The molecule has 1 saturated carbocycles. The molecule has 0 saturated heterocycles. The molecule has 1 fully saturated rings. The highest BCUT2D eigenvalue weighted by molar-refractivity contribution is 7.09. The van der Waals surface area contributed by atoms with Crippen molar-refractivity contribution in [3.8, 4) is 11.5 Å². The first-order valence-electron chi connectivity index (χ1n) is 10.1. The molecule has 2 aliphatic rings. The first kappa shape index (κ1) is 19.3. The van der Waals surface area contributed by atoms with Crippen LogP contribution in [-0.2, 0) is 16.9 Å². The van der Waals surface area contributed by atoms with Gasteiger partial charge in [0.15, 0.2) is 11.5 Å². The predicted octanol–water partition coefficient (Wildman–Crippen LogP) is 3.93. The van der Waals surface area contributed by atoms with Gasteiger partial charge in [-0.25, -0.2) is 0 Å². The molecule has 0 unspecified atom stereocenters. The lowest BCUT2D eigenvalue weighted by Gasteiger charge is -2.33. The van der Waals surface area contributed by atoms with Gasteiger partial charge in [-0.15, -0.1) is 11.3 Å². The highest BCUT2D eigenvalue weighted by Gasteiger charge is 2.38. The summed E-state index contributed by atoms with van der Waals surface area (Å²) >= 11 is 1.74. The van der Waals surface area contributed by atoms with E-state index in [-0.39, 0.29) is 11.4 Å². The molecule has 150 valence electrons. The number of nitrogens with one attached hydrogen (secondary N) is 1. The minimum atomic E-state index is -0.296. The van der Waals surface area contributed by atoms with Crippen molar-refractivity contribution in [3.63, 3.8) is 0 Å². The Kier molecular flexibility index (Phi) is 5.87. The number of hydrogen-bond acceptors (Lipinski definition) is 5. The molecule has 4 rings (SSSR count). The molecule has 0 spiro atoms. The highest BCUT2D eigenvalue weighted by Crippen LogP contribution is 2.42. The second-order valence-corrected chi connectivity index (χ2v) is 8.61. The Bertz CT molecular complexity index is 800. The van der Waals surface area contributed by atoms with Gasteiger partial charge in [-0.05, 0) is 48.5 Å². The third-order valence-corrected chi connectivity index (χ3v) is 6.57. The number of hydrogen-bond donors (Lipinski definition) is 1. The summed E-state index contributed by atoms with van der Waals surface area (Å²) in [7, 11) is 0. The molecular weight excluding hydrogens is 372 g/mol. The van der Waals surface area contributed by atoms with Crippen LogP contribution in [0.3, 0.4) is 0 Å². The molecule has 28 heavy (non-hydrogen) atoms. The van der Waals surface area contributed by atoms with Crippen LogP contribution in [0.15, 0.2) is 35.7 Å². The van der Waals surface area contributed by atoms with Crippen LogP contribution in [0.1, 0.15) is 43.0 Å². The number of carbonyl (C=O) groups is 1. The predicted molar refractivity (Wildman–Crippen MR) is 111 cm³/mol. The van der Waals surface area contributed by atoms with Gasteiger partial charge in [0.2, 0.25) is 5.91 Å². The molecular formula is C22H28N2O3S. The van der Waals surface area contributed by atoms with Crippen molar-refractivity contribution in [2.24, 2.45) is 0 Å². The van der Waals surface area contributed by atoms with Crippen LogP contribution >= 0.6 is 11.3 Å². The Morgan fingerprint density at radius 3 is 2.68 bits per heavy atom. The lowest BCUT2D eigenvalue weighted by Crippen LogP contribution is -2.47. The van der Waals surface area contributed by atoms with Crippen LogP contribution in [0.25, 0.3) is 0 Å². The van der Waals surface area contributed by atoms with E-state index in [1.165, 1.54) is 4.88 Å². The molecule has 1 N–H and O–H groups in total. The number of rotatable bonds is 7. The van der Waals surface area contributed by atoms with E-state index >= 15 is 0 Å². The second-order valence-electron chi connectivity index (χ2n) is 7.58. The normalized spacial score (nSPS) is 17.6. The highest BCUT2D eigenvalue weighted by atomic mass is 32.1. The van der Waals surface area contributed by atoms with Crippen LogP contribution < -0.4 is 14.8 Å². The molecule has 5 nitrogen and oxygen atoms in total. The number of likely N-dealkylation sites (N-methyl/N-ethyl adjacent to an activating group) is 1. The number of amides is 1. The molecule has 1 amide bonds. The minimum absolute atomic E-state index is 0.0928. The van der Waals surface area contributed by atoms with E-state index in [0.29, 0.717) is 19.8 Å². The monoisotopic (exact) mass is 400 g/mol. The summed E-state index contributed by atoms with van der Waals surface area (Å²) < 4.78 is 11.4. The number of fused-ring (bicyclic) bond motifs is 1. The number of thiophene rings is 1. The molecule has 2 heterocycles.